The summed E-state index contributed by atoms with van der Waals surface area (Å²) >= 11 is 6.02. The Bertz CT molecular complexity index is 957. The zero-order valence-corrected chi connectivity index (χ0v) is 15.6. The summed E-state index contributed by atoms with van der Waals surface area (Å²) in [6, 6.07) is 9.29. The van der Waals surface area contributed by atoms with Crippen molar-refractivity contribution >= 4 is 34.3 Å². The molecule has 1 fully saturated rings. The normalized spacial score (nSPS) is 17.3. The van der Waals surface area contributed by atoms with E-state index in [1.807, 2.05) is 35.0 Å². The van der Waals surface area contributed by atoms with E-state index in [0.29, 0.717) is 24.8 Å². The van der Waals surface area contributed by atoms with Gasteiger partial charge >= 0.3 is 5.97 Å². The third-order valence-corrected chi connectivity index (χ3v) is 4.92. The fraction of sp³-hybridized carbons (Fsp3) is 0.316. The lowest BCUT2D eigenvalue weighted by Gasteiger charge is -2.35. The Balaban J connectivity index is 1.79. The molecule has 7 nitrogen and oxygen atoms in total. The lowest BCUT2D eigenvalue weighted by atomic mass is 10.1. The van der Waals surface area contributed by atoms with Crippen molar-refractivity contribution in [3.05, 3.63) is 47.7 Å². The minimum atomic E-state index is -0.265. The van der Waals surface area contributed by atoms with E-state index in [4.69, 9.17) is 26.2 Å². The Morgan fingerprint density at radius 2 is 2.15 bits per heavy atom. The summed E-state index contributed by atoms with van der Waals surface area (Å²) in [6.07, 6.45) is 3.78. The highest BCUT2D eigenvalue weighted by molar-refractivity contribution is 6.30. The Labute approximate surface area is 161 Å². The molecule has 3 aromatic rings. The number of rotatable bonds is 4. The standard InChI is InChI=1S/C19H19ClN4O3/c1-26-18(25)10-15-12-27-9-8-23(15)19-16-6-7-21-11-17(16)24(22-19)14-4-2-13(20)3-5-14/h2-7,11,15H,8-10,12H2,1H3/t15-/m1/s1. The average molecular weight is 387 g/mol. The van der Waals surface area contributed by atoms with Crippen molar-refractivity contribution in [2.75, 3.05) is 31.8 Å². The number of esters is 1. The van der Waals surface area contributed by atoms with Crippen LogP contribution in [0.25, 0.3) is 16.6 Å². The van der Waals surface area contributed by atoms with E-state index in [1.165, 1.54) is 7.11 Å². The zero-order chi connectivity index (χ0) is 18.8. The Hall–Kier alpha value is -2.64. The van der Waals surface area contributed by atoms with Crippen molar-refractivity contribution in [2.24, 2.45) is 0 Å². The van der Waals surface area contributed by atoms with Crippen molar-refractivity contribution in [3.63, 3.8) is 0 Å². The van der Waals surface area contributed by atoms with Gasteiger partial charge in [-0.3, -0.25) is 9.78 Å². The molecule has 140 valence electrons. The van der Waals surface area contributed by atoms with Crippen LogP contribution < -0.4 is 4.90 Å². The van der Waals surface area contributed by atoms with Crippen molar-refractivity contribution in [2.45, 2.75) is 12.5 Å². The SMILES string of the molecule is COC(=O)C[C@@H]1COCCN1c1nn(-c2ccc(Cl)cc2)c2cnccc12. The van der Waals surface area contributed by atoms with E-state index in [-0.39, 0.29) is 18.4 Å². The number of benzene rings is 1. The van der Waals surface area contributed by atoms with Crippen LogP contribution in [0.2, 0.25) is 5.02 Å². The molecule has 0 aliphatic carbocycles. The first-order valence-electron chi connectivity index (χ1n) is 8.67. The quantitative estimate of drug-likeness (QED) is 0.642. The largest absolute Gasteiger partial charge is 0.469 e. The number of ether oxygens (including phenoxy) is 2. The van der Waals surface area contributed by atoms with Crippen LogP contribution in [0, 0.1) is 0 Å². The van der Waals surface area contributed by atoms with Crippen molar-refractivity contribution in [3.8, 4) is 5.69 Å². The van der Waals surface area contributed by atoms with Crippen LogP contribution in [0.1, 0.15) is 6.42 Å². The van der Waals surface area contributed by atoms with Gasteiger partial charge in [-0.15, -0.1) is 5.10 Å². The highest BCUT2D eigenvalue weighted by Gasteiger charge is 2.29. The van der Waals surface area contributed by atoms with E-state index in [1.54, 1.807) is 12.4 Å². The highest BCUT2D eigenvalue weighted by Crippen LogP contribution is 2.31. The molecule has 1 aromatic carbocycles. The number of morpholine rings is 1. The number of aromatic nitrogens is 3. The van der Waals surface area contributed by atoms with Gasteiger partial charge in [0.05, 0.1) is 50.2 Å². The molecule has 27 heavy (non-hydrogen) atoms. The van der Waals surface area contributed by atoms with Gasteiger partial charge in [-0.2, -0.15) is 0 Å². The first kappa shape index (κ1) is 17.8. The number of hydrogen-bond donors (Lipinski definition) is 0. The number of pyridine rings is 1. The van der Waals surface area contributed by atoms with Gasteiger partial charge in [0.1, 0.15) is 0 Å². The molecule has 1 aliphatic rings. The minimum Gasteiger partial charge on any atom is -0.469 e. The molecule has 0 amide bonds. The van der Waals surface area contributed by atoms with E-state index in [2.05, 4.69) is 9.88 Å². The molecule has 1 aliphatic heterocycles. The third-order valence-electron chi connectivity index (χ3n) is 4.66. The van der Waals surface area contributed by atoms with Gasteiger partial charge in [-0.1, -0.05) is 11.6 Å². The lowest BCUT2D eigenvalue weighted by molar-refractivity contribution is -0.141. The first-order valence-corrected chi connectivity index (χ1v) is 9.05. The van der Waals surface area contributed by atoms with Crippen LogP contribution in [0.3, 0.4) is 0 Å². The van der Waals surface area contributed by atoms with Crippen LogP contribution >= 0.6 is 11.6 Å². The molecular weight excluding hydrogens is 368 g/mol. The van der Waals surface area contributed by atoms with Crippen molar-refractivity contribution in [1.29, 1.82) is 0 Å². The summed E-state index contributed by atoms with van der Waals surface area (Å²) in [5, 5.41) is 6.48. The monoisotopic (exact) mass is 386 g/mol. The summed E-state index contributed by atoms with van der Waals surface area (Å²) in [5.74, 6) is 0.540. The molecule has 0 spiro atoms. The van der Waals surface area contributed by atoms with E-state index < -0.39 is 0 Å². The number of hydrogen-bond acceptors (Lipinski definition) is 6. The van der Waals surface area contributed by atoms with Gasteiger partial charge < -0.3 is 14.4 Å². The predicted molar refractivity (Wildman–Crippen MR) is 102 cm³/mol. The maximum Gasteiger partial charge on any atom is 0.307 e. The summed E-state index contributed by atoms with van der Waals surface area (Å²) < 4.78 is 12.3. The second-order valence-corrected chi connectivity index (χ2v) is 6.74. The topological polar surface area (TPSA) is 69.5 Å². The summed E-state index contributed by atoms with van der Waals surface area (Å²) in [4.78, 5) is 18.2. The second-order valence-electron chi connectivity index (χ2n) is 6.31. The van der Waals surface area contributed by atoms with Gasteiger partial charge in [-0.25, -0.2) is 4.68 Å². The number of nitrogens with zero attached hydrogens (tertiary/aromatic N) is 4. The molecule has 0 saturated carbocycles. The smallest absolute Gasteiger partial charge is 0.307 e. The van der Waals surface area contributed by atoms with E-state index >= 15 is 0 Å². The molecule has 0 N–H and O–H groups in total. The second kappa shape index (κ2) is 7.54. The van der Waals surface area contributed by atoms with E-state index in [0.717, 1.165) is 22.4 Å². The highest BCUT2D eigenvalue weighted by atomic mass is 35.5. The van der Waals surface area contributed by atoms with Gasteiger partial charge in [0, 0.05) is 23.2 Å². The maximum atomic E-state index is 11.8. The van der Waals surface area contributed by atoms with Gasteiger partial charge in [0.25, 0.3) is 0 Å². The molecule has 0 unspecified atom stereocenters. The lowest BCUT2D eigenvalue weighted by Crippen LogP contribution is -2.47. The van der Waals surface area contributed by atoms with E-state index in [9.17, 15) is 4.79 Å². The average Bonchev–Trinajstić information content (AvgIpc) is 3.08. The summed E-state index contributed by atoms with van der Waals surface area (Å²) in [6.45, 7) is 1.68. The fourth-order valence-electron chi connectivity index (χ4n) is 3.32. The predicted octanol–water partition coefficient (Wildman–Crippen LogP) is 2.84. The number of anilines is 1. The molecule has 0 bridgehead atoms. The molecular formula is C19H19ClN4O3. The molecule has 0 radical (unpaired) electrons. The van der Waals surface area contributed by atoms with Crippen LogP contribution in [0.4, 0.5) is 5.82 Å². The fourth-order valence-corrected chi connectivity index (χ4v) is 3.44. The number of carbonyl (C=O) groups is 1. The summed E-state index contributed by atoms with van der Waals surface area (Å²) in [7, 11) is 1.40. The molecule has 2 aromatic heterocycles. The number of carbonyl (C=O) groups excluding carboxylic acids is 1. The minimum absolute atomic E-state index is 0.129. The molecule has 1 atom stereocenters. The van der Waals surface area contributed by atoms with Crippen LogP contribution in [-0.4, -0.2) is 53.6 Å². The van der Waals surface area contributed by atoms with Gasteiger partial charge in [0.15, 0.2) is 5.82 Å². The first-order chi connectivity index (χ1) is 13.2. The number of methoxy groups -OCH3 is 1. The van der Waals surface area contributed by atoms with Crippen molar-refractivity contribution in [1.82, 2.24) is 14.8 Å². The Kier molecular flexibility index (Phi) is 4.96. The Morgan fingerprint density at radius 1 is 1.33 bits per heavy atom. The Morgan fingerprint density at radius 3 is 2.93 bits per heavy atom. The van der Waals surface area contributed by atoms with Crippen molar-refractivity contribution < 1.29 is 14.3 Å². The summed E-state index contributed by atoms with van der Waals surface area (Å²) in [5.41, 5.74) is 1.78. The van der Waals surface area contributed by atoms with Gasteiger partial charge in [0.2, 0.25) is 0 Å². The van der Waals surface area contributed by atoms with Crippen LogP contribution in [0.15, 0.2) is 42.7 Å². The zero-order valence-electron chi connectivity index (χ0n) is 14.8. The maximum absolute atomic E-state index is 11.8. The molecule has 3 heterocycles. The molecule has 8 heteroatoms. The van der Waals surface area contributed by atoms with Gasteiger partial charge in [-0.05, 0) is 30.3 Å². The molecule has 1 saturated heterocycles. The number of halogens is 1. The third kappa shape index (κ3) is 3.48. The van der Waals surface area contributed by atoms with Crippen LogP contribution in [-0.2, 0) is 14.3 Å². The molecule has 4 rings (SSSR count). The van der Waals surface area contributed by atoms with Crippen LogP contribution in [0.5, 0.6) is 0 Å². The number of fused-ring (bicyclic) bond motifs is 1.